The lowest BCUT2D eigenvalue weighted by Gasteiger charge is -2.22. The van der Waals surface area contributed by atoms with Crippen LogP contribution in [0.3, 0.4) is 0 Å². The molecular weight excluding hydrogens is 234 g/mol. The van der Waals surface area contributed by atoms with E-state index in [0.29, 0.717) is 0 Å². The van der Waals surface area contributed by atoms with E-state index in [1.54, 1.807) is 7.11 Å². The van der Waals surface area contributed by atoms with Gasteiger partial charge in [0.1, 0.15) is 5.75 Å². The lowest BCUT2D eigenvalue weighted by atomic mass is 9.91. The number of aryl methyl sites for hydroxylation is 1. The first-order chi connectivity index (χ1) is 7.88. The first-order valence-electron chi connectivity index (χ1n) is 6.22. The summed E-state index contributed by atoms with van der Waals surface area (Å²) < 4.78 is 5.16. The Kier molecular flexibility index (Phi) is 6.38. The van der Waals surface area contributed by atoms with E-state index in [4.69, 9.17) is 4.74 Å². The van der Waals surface area contributed by atoms with Gasteiger partial charge in [-0.05, 0) is 62.4 Å². The van der Waals surface area contributed by atoms with Gasteiger partial charge in [-0.3, -0.25) is 0 Å². The Bertz CT molecular complexity index is 307. The van der Waals surface area contributed by atoms with Crippen molar-refractivity contribution in [1.29, 1.82) is 0 Å². The second-order valence-corrected chi connectivity index (χ2v) is 4.58. The smallest absolute Gasteiger partial charge is 0.118 e. The van der Waals surface area contributed by atoms with Crippen molar-refractivity contribution in [3.05, 3.63) is 29.8 Å². The van der Waals surface area contributed by atoms with Crippen molar-refractivity contribution in [2.45, 2.75) is 25.7 Å². The minimum atomic E-state index is 0. The van der Waals surface area contributed by atoms with E-state index in [1.165, 1.54) is 44.3 Å². The van der Waals surface area contributed by atoms with Crippen molar-refractivity contribution in [3.63, 3.8) is 0 Å². The van der Waals surface area contributed by atoms with Gasteiger partial charge < -0.3 is 22.5 Å². The zero-order valence-corrected chi connectivity index (χ0v) is 11.2. The molecule has 1 aromatic carbocycles. The molecule has 0 bridgehead atoms. The highest BCUT2D eigenvalue weighted by molar-refractivity contribution is 5.27. The maximum absolute atomic E-state index is 5.16. The third kappa shape index (κ3) is 4.57. The fourth-order valence-electron chi connectivity index (χ4n) is 2.33. The van der Waals surface area contributed by atoms with Crippen LogP contribution >= 0.6 is 0 Å². The molecule has 1 aromatic rings. The monoisotopic (exact) mass is 254 g/mol. The topological polar surface area (TPSA) is 21.3 Å². The van der Waals surface area contributed by atoms with Gasteiger partial charge >= 0.3 is 0 Å². The molecule has 1 heterocycles. The van der Waals surface area contributed by atoms with Crippen LogP contribution in [0.2, 0.25) is 0 Å². The van der Waals surface area contributed by atoms with Gasteiger partial charge in [0.15, 0.2) is 0 Å². The van der Waals surface area contributed by atoms with Crippen LogP contribution in [0.15, 0.2) is 24.3 Å². The maximum atomic E-state index is 5.16. The Morgan fingerprint density at radius 1 is 1.18 bits per heavy atom. The summed E-state index contributed by atoms with van der Waals surface area (Å²) in [5, 5.41) is 3.41. The normalized spacial score (nSPS) is 16.3. The zero-order valence-electron chi connectivity index (χ0n) is 10.4. The molecule has 0 amide bonds. The van der Waals surface area contributed by atoms with Crippen LogP contribution in [0, 0.1) is 5.92 Å². The Morgan fingerprint density at radius 3 is 2.41 bits per heavy atom. The predicted molar refractivity (Wildman–Crippen MR) is 66.9 cm³/mol. The number of methoxy groups -OCH3 is 1. The van der Waals surface area contributed by atoms with Crippen LogP contribution in [0.4, 0.5) is 0 Å². The second-order valence-electron chi connectivity index (χ2n) is 4.58. The van der Waals surface area contributed by atoms with Gasteiger partial charge in [0.05, 0.1) is 7.11 Å². The minimum absolute atomic E-state index is 0. The van der Waals surface area contributed by atoms with Crippen molar-refractivity contribution in [2.24, 2.45) is 5.92 Å². The van der Waals surface area contributed by atoms with Gasteiger partial charge in [-0.25, -0.2) is 0 Å². The standard InChI is InChI=1S/C14H21NO.ClH/c1-16-14-6-4-12(5-7-14)2-3-13-8-10-15-11-9-13;/h4-7,13,15H,2-3,8-11H2,1H3;1H/p-1. The van der Waals surface area contributed by atoms with Crippen LogP contribution in [0.25, 0.3) is 0 Å². The number of hydrogen-bond acceptors (Lipinski definition) is 2. The molecule has 17 heavy (non-hydrogen) atoms. The molecule has 3 heteroatoms. The lowest BCUT2D eigenvalue weighted by molar-refractivity contribution is -0.00000372. The summed E-state index contributed by atoms with van der Waals surface area (Å²) >= 11 is 0. The van der Waals surface area contributed by atoms with Crippen molar-refractivity contribution in [2.75, 3.05) is 20.2 Å². The molecule has 1 aliphatic heterocycles. The van der Waals surface area contributed by atoms with E-state index in [2.05, 4.69) is 29.6 Å². The number of piperidine rings is 1. The summed E-state index contributed by atoms with van der Waals surface area (Å²) in [5.74, 6) is 1.87. The molecule has 2 rings (SSSR count). The van der Waals surface area contributed by atoms with Crippen LogP contribution in [-0.2, 0) is 6.42 Å². The second kappa shape index (κ2) is 7.57. The number of ether oxygens (including phenoxy) is 1. The molecule has 1 aliphatic rings. The Morgan fingerprint density at radius 2 is 1.82 bits per heavy atom. The first-order valence-corrected chi connectivity index (χ1v) is 6.22. The number of nitrogens with one attached hydrogen (secondary N) is 1. The highest BCUT2D eigenvalue weighted by Gasteiger charge is 2.12. The van der Waals surface area contributed by atoms with Crippen LogP contribution in [0.1, 0.15) is 24.8 Å². The number of hydrogen-bond donors (Lipinski definition) is 1. The summed E-state index contributed by atoms with van der Waals surface area (Å²) in [4.78, 5) is 0. The quantitative estimate of drug-likeness (QED) is 0.792. The van der Waals surface area contributed by atoms with Crippen LogP contribution in [-0.4, -0.2) is 20.2 Å². The average molecular weight is 255 g/mol. The average Bonchev–Trinajstić information content (AvgIpc) is 2.38. The van der Waals surface area contributed by atoms with E-state index in [-0.39, 0.29) is 12.4 Å². The molecule has 1 fully saturated rings. The Labute approximate surface area is 110 Å². The van der Waals surface area contributed by atoms with E-state index in [0.717, 1.165) is 11.7 Å². The number of rotatable bonds is 4. The molecule has 1 N–H and O–H groups in total. The molecule has 0 aromatic heterocycles. The van der Waals surface area contributed by atoms with E-state index in [1.807, 2.05) is 0 Å². The molecule has 1 saturated heterocycles. The molecule has 0 saturated carbocycles. The van der Waals surface area contributed by atoms with Crippen molar-refractivity contribution < 1.29 is 17.1 Å². The largest absolute Gasteiger partial charge is 1.00 e. The first kappa shape index (κ1) is 14.3. The maximum Gasteiger partial charge on any atom is 0.118 e. The molecule has 0 aliphatic carbocycles. The highest BCUT2D eigenvalue weighted by atomic mass is 35.5. The molecule has 96 valence electrons. The zero-order chi connectivity index (χ0) is 11.2. The Balaban J connectivity index is 0.00000144. The van der Waals surface area contributed by atoms with Gasteiger partial charge in [-0.15, -0.1) is 0 Å². The fourth-order valence-corrected chi connectivity index (χ4v) is 2.33. The van der Waals surface area contributed by atoms with Gasteiger partial charge in [-0.1, -0.05) is 12.1 Å². The van der Waals surface area contributed by atoms with Crippen molar-refractivity contribution in [3.8, 4) is 5.75 Å². The van der Waals surface area contributed by atoms with E-state index < -0.39 is 0 Å². The van der Waals surface area contributed by atoms with Gasteiger partial charge in [0.25, 0.3) is 0 Å². The van der Waals surface area contributed by atoms with Gasteiger partial charge in [0, 0.05) is 0 Å². The number of halogens is 1. The number of benzene rings is 1. The van der Waals surface area contributed by atoms with Gasteiger partial charge in [-0.2, -0.15) is 0 Å². The Hall–Kier alpha value is -0.730. The fraction of sp³-hybridized carbons (Fsp3) is 0.571. The third-order valence-electron chi connectivity index (χ3n) is 3.46. The van der Waals surface area contributed by atoms with Crippen molar-refractivity contribution >= 4 is 0 Å². The van der Waals surface area contributed by atoms with E-state index >= 15 is 0 Å². The van der Waals surface area contributed by atoms with Crippen LogP contribution < -0.4 is 22.5 Å². The highest BCUT2D eigenvalue weighted by Crippen LogP contribution is 2.19. The SMILES string of the molecule is COc1ccc(CCC2CCNCC2)cc1.[Cl-]. The van der Waals surface area contributed by atoms with Crippen molar-refractivity contribution in [1.82, 2.24) is 5.32 Å². The summed E-state index contributed by atoms with van der Waals surface area (Å²) in [6.45, 7) is 2.40. The van der Waals surface area contributed by atoms with Gasteiger partial charge in [0.2, 0.25) is 0 Å². The molecule has 0 radical (unpaired) electrons. The predicted octanol–water partition coefficient (Wildman–Crippen LogP) is -0.369. The molecule has 2 nitrogen and oxygen atoms in total. The van der Waals surface area contributed by atoms with E-state index in [9.17, 15) is 0 Å². The summed E-state index contributed by atoms with van der Waals surface area (Å²) in [7, 11) is 1.71. The summed E-state index contributed by atoms with van der Waals surface area (Å²) in [6, 6.07) is 8.47. The molecular formula is C14H21ClNO-. The lowest BCUT2D eigenvalue weighted by Crippen LogP contribution is -3.00. The summed E-state index contributed by atoms with van der Waals surface area (Å²) in [5.41, 5.74) is 1.43. The molecule has 0 atom stereocenters. The summed E-state index contributed by atoms with van der Waals surface area (Å²) in [6.07, 6.45) is 5.22. The molecule has 0 spiro atoms. The molecule has 0 unspecified atom stereocenters. The third-order valence-corrected chi connectivity index (χ3v) is 3.46. The minimum Gasteiger partial charge on any atom is -1.00 e. The van der Waals surface area contributed by atoms with Crippen LogP contribution in [0.5, 0.6) is 5.75 Å².